The molecule has 146 valence electrons. The van der Waals surface area contributed by atoms with Crippen molar-refractivity contribution in [1.82, 2.24) is 14.8 Å². The number of rotatable bonds is 13. The zero-order valence-corrected chi connectivity index (χ0v) is 16.6. The molecule has 0 atom stereocenters. The van der Waals surface area contributed by atoms with Gasteiger partial charge in [-0.1, -0.05) is 51.9 Å². The number of nitrogens with one attached hydrogen (secondary N) is 1. The first-order chi connectivity index (χ1) is 12.5. The number of anilines is 1. The minimum Gasteiger partial charge on any atom is -0.369 e. The molecule has 0 fully saturated rings. The Balaban J connectivity index is 1.63. The molecule has 0 saturated carbocycles. The van der Waals surface area contributed by atoms with Gasteiger partial charge >= 0.3 is 0 Å². The van der Waals surface area contributed by atoms with Crippen molar-refractivity contribution in [2.75, 3.05) is 11.9 Å². The van der Waals surface area contributed by atoms with Gasteiger partial charge in [0.1, 0.15) is 16.5 Å². The van der Waals surface area contributed by atoms with E-state index in [0.717, 1.165) is 25.7 Å². The molecule has 0 spiro atoms. The van der Waals surface area contributed by atoms with Crippen molar-refractivity contribution in [3.05, 3.63) is 28.3 Å². The lowest BCUT2D eigenvalue weighted by Gasteiger charge is -2.05. The van der Waals surface area contributed by atoms with Gasteiger partial charge in [-0.3, -0.25) is 4.68 Å². The maximum Gasteiger partial charge on any atom is 0.287 e. The summed E-state index contributed by atoms with van der Waals surface area (Å²) in [5.41, 5.74) is -0.169. The van der Waals surface area contributed by atoms with E-state index in [-0.39, 0.29) is 5.69 Å². The van der Waals surface area contributed by atoms with Crippen LogP contribution in [0.1, 0.15) is 75.9 Å². The van der Waals surface area contributed by atoms with Gasteiger partial charge in [0.2, 0.25) is 0 Å². The Kier molecular flexibility index (Phi) is 8.48. The van der Waals surface area contributed by atoms with Gasteiger partial charge in [-0.15, -0.1) is 11.3 Å². The number of nitrogens with zero attached hydrogens (tertiary/aromatic N) is 3. The molecular weight excluding hydrogens is 354 g/mol. The molecule has 26 heavy (non-hydrogen) atoms. The molecule has 4 nitrogen and oxygen atoms in total. The number of halogens is 2. The van der Waals surface area contributed by atoms with Crippen molar-refractivity contribution in [3.8, 4) is 0 Å². The smallest absolute Gasteiger partial charge is 0.287 e. The molecule has 0 saturated heterocycles. The minimum atomic E-state index is -2.89. The van der Waals surface area contributed by atoms with Crippen LogP contribution in [-0.2, 0) is 12.5 Å². The second kappa shape index (κ2) is 10.6. The van der Waals surface area contributed by atoms with Crippen LogP contribution in [0.5, 0.6) is 0 Å². The third-order valence-electron chi connectivity index (χ3n) is 4.28. The largest absolute Gasteiger partial charge is 0.369 e. The van der Waals surface area contributed by atoms with Crippen molar-refractivity contribution in [2.45, 2.75) is 77.7 Å². The Bertz CT molecular complexity index is 634. The standard InChI is InChI=1S/C19H30F2N4S/c1-3-4-5-6-7-8-9-10-12-22-17-11-13-25(24-17)14-18-23-16(15-26-18)19(2,20)21/h11,13,15H,3-10,12,14H2,1-2H3,(H,22,24). The summed E-state index contributed by atoms with van der Waals surface area (Å²) in [6.07, 6.45) is 12.2. The van der Waals surface area contributed by atoms with Crippen molar-refractivity contribution in [2.24, 2.45) is 0 Å². The molecule has 0 aromatic carbocycles. The quantitative estimate of drug-likeness (QED) is 0.427. The molecule has 2 aromatic rings. The van der Waals surface area contributed by atoms with Crippen molar-refractivity contribution in [1.29, 1.82) is 0 Å². The normalized spacial score (nSPS) is 11.8. The van der Waals surface area contributed by atoms with Gasteiger partial charge in [0, 0.05) is 31.1 Å². The molecule has 0 aliphatic rings. The summed E-state index contributed by atoms with van der Waals surface area (Å²) >= 11 is 1.24. The molecule has 0 bridgehead atoms. The average Bonchev–Trinajstić information content (AvgIpc) is 3.23. The van der Waals surface area contributed by atoms with E-state index < -0.39 is 5.92 Å². The van der Waals surface area contributed by atoms with Gasteiger partial charge in [-0.2, -0.15) is 13.9 Å². The van der Waals surface area contributed by atoms with E-state index in [9.17, 15) is 8.78 Å². The molecule has 2 rings (SSSR count). The van der Waals surface area contributed by atoms with Crippen molar-refractivity contribution in [3.63, 3.8) is 0 Å². The molecule has 7 heteroatoms. The number of unbranched alkanes of at least 4 members (excludes halogenated alkanes) is 7. The monoisotopic (exact) mass is 384 g/mol. The van der Waals surface area contributed by atoms with Crippen LogP contribution >= 0.6 is 11.3 Å². The predicted octanol–water partition coefficient (Wildman–Crippen LogP) is 6.05. The van der Waals surface area contributed by atoms with Gasteiger partial charge < -0.3 is 5.32 Å². The third-order valence-corrected chi connectivity index (χ3v) is 5.11. The number of hydrogen-bond donors (Lipinski definition) is 1. The SMILES string of the molecule is CCCCCCCCCCNc1ccn(Cc2nc(C(C)(F)F)cs2)n1. The highest BCUT2D eigenvalue weighted by Crippen LogP contribution is 2.28. The average molecular weight is 385 g/mol. The second-order valence-electron chi connectivity index (χ2n) is 6.82. The van der Waals surface area contributed by atoms with E-state index in [2.05, 4.69) is 22.3 Å². The molecule has 2 aromatic heterocycles. The number of thiazole rings is 1. The maximum absolute atomic E-state index is 13.2. The van der Waals surface area contributed by atoms with E-state index >= 15 is 0 Å². The highest BCUT2D eigenvalue weighted by molar-refractivity contribution is 7.09. The maximum atomic E-state index is 13.2. The fourth-order valence-corrected chi connectivity index (χ4v) is 3.61. The lowest BCUT2D eigenvalue weighted by molar-refractivity contribution is 0.0132. The van der Waals surface area contributed by atoms with E-state index in [0.29, 0.717) is 11.6 Å². The topological polar surface area (TPSA) is 42.7 Å². The molecule has 0 amide bonds. The molecule has 0 aliphatic heterocycles. The Morgan fingerprint density at radius 1 is 1.12 bits per heavy atom. The van der Waals surface area contributed by atoms with Gasteiger partial charge in [0.25, 0.3) is 5.92 Å². The van der Waals surface area contributed by atoms with Crippen LogP contribution in [0.15, 0.2) is 17.6 Å². The van der Waals surface area contributed by atoms with Crippen LogP contribution in [0.2, 0.25) is 0 Å². The first-order valence-corrected chi connectivity index (χ1v) is 10.5. The van der Waals surface area contributed by atoms with Gasteiger partial charge in [0.05, 0.1) is 6.54 Å². The van der Waals surface area contributed by atoms with Crippen LogP contribution in [0.3, 0.4) is 0 Å². The van der Waals surface area contributed by atoms with Crippen LogP contribution in [-0.4, -0.2) is 21.3 Å². The van der Waals surface area contributed by atoms with Crippen LogP contribution in [0.4, 0.5) is 14.6 Å². The first kappa shape index (κ1) is 20.8. The summed E-state index contributed by atoms with van der Waals surface area (Å²) in [5.74, 6) is -2.06. The summed E-state index contributed by atoms with van der Waals surface area (Å²) in [7, 11) is 0. The zero-order chi connectivity index (χ0) is 18.8. The molecule has 2 heterocycles. The summed E-state index contributed by atoms with van der Waals surface area (Å²) in [6, 6.07) is 1.91. The molecule has 1 N–H and O–H groups in total. The predicted molar refractivity (Wildman–Crippen MR) is 104 cm³/mol. The highest BCUT2D eigenvalue weighted by atomic mass is 32.1. The lowest BCUT2D eigenvalue weighted by Crippen LogP contribution is -2.08. The van der Waals surface area contributed by atoms with Crippen LogP contribution in [0, 0.1) is 0 Å². The molecule has 0 unspecified atom stereocenters. The molecule has 0 radical (unpaired) electrons. The van der Waals surface area contributed by atoms with Crippen LogP contribution < -0.4 is 5.32 Å². The third kappa shape index (κ3) is 7.40. The molecule has 0 aliphatic carbocycles. The Labute approximate surface area is 159 Å². The summed E-state index contributed by atoms with van der Waals surface area (Å²) in [4.78, 5) is 4.00. The van der Waals surface area contributed by atoms with Gasteiger partial charge in [-0.05, 0) is 6.42 Å². The van der Waals surface area contributed by atoms with Gasteiger partial charge in [0.15, 0.2) is 0 Å². The summed E-state index contributed by atoms with van der Waals surface area (Å²) in [6.45, 7) is 4.44. The Morgan fingerprint density at radius 3 is 2.46 bits per heavy atom. The number of alkyl halides is 2. The first-order valence-electron chi connectivity index (χ1n) is 9.59. The number of aromatic nitrogens is 3. The Morgan fingerprint density at radius 2 is 1.81 bits per heavy atom. The minimum absolute atomic E-state index is 0.169. The van der Waals surface area contributed by atoms with Gasteiger partial charge in [-0.25, -0.2) is 4.98 Å². The highest BCUT2D eigenvalue weighted by Gasteiger charge is 2.27. The fraction of sp³-hybridized carbons (Fsp3) is 0.684. The van der Waals surface area contributed by atoms with E-state index in [4.69, 9.17) is 0 Å². The second-order valence-corrected chi connectivity index (χ2v) is 7.76. The fourth-order valence-electron chi connectivity index (χ4n) is 2.74. The van der Waals surface area contributed by atoms with Crippen molar-refractivity contribution < 1.29 is 8.78 Å². The van der Waals surface area contributed by atoms with E-state index in [1.807, 2.05) is 12.3 Å². The van der Waals surface area contributed by atoms with E-state index in [1.165, 1.54) is 61.7 Å². The van der Waals surface area contributed by atoms with E-state index in [1.54, 1.807) is 4.68 Å². The summed E-state index contributed by atoms with van der Waals surface area (Å²) in [5, 5.41) is 9.81. The lowest BCUT2D eigenvalue weighted by atomic mass is 10.1. The number of hydrogen-bond acceptors (Lipinski definition) is 4. The Hall–Kier alpha value is -1.50. The van der Waals surface area contributed by atoms with Crippen LogP contribution in [0.25, 0.3) is 0 Å². The van der Waals surface area contributed by atoms with Crippen molar-refractivity contribution >= 4 is 17.2 Å². The zero-order valence-electron chi connectivity index (χ0n) is 15.8. The molecular formula is C19H30F2N4S. The summed E-state index contributed by atoms with van der Waals surface area (Å²) < 4.78 is 28.2.